The van der Waals surface area contributed by atoms with Crippen LogP contribution >= 0.6 is 0 Å². The van der Waals surface area contributed by atoms with Gasteiger partial charge in [-0.3, -0.25) is 9.59 Å². The summed E-state index contributed by atoms with van der Waals surface area (Å²) in [5, 5.41) is 17.9. The van der Waals surface area contributed by atoms with E-state index >= 15 is 0 Å². The molecular formula is C22H31N7O3. The smallest absolute Gasteiger partial charge is 0.254 e. The molecule has 2 aromatic rings. The summed E-state index contributed by atoms with van der Waals surface area (Å²) < 4.78 is 0. The van der Waals surface area contributed by atoms with Gasteiger partial charge in [0.15, 0.2) is 0 Å². The Kier molecular flexibility index (Phi) is 8.20. The Balaban J connectivity index is 1.74. The number of nitrogens with two attached hydrogens (primary N) is 1. The number of aromatic nitrogens is 2. The number of hydrogen-bond donors (Lipinski definition) is 5. The van der Waals surface area contributed by atoms with Crippen LogP contribution in [-0.4, -0.2) is 59.7 Å². The number of benzene rings is 1. The van der Waals surface area contributed by atoms with Gasteiger partial charge in [-0.05, 0) is 50.3 Å². The van der Waals surface area contributed by atoms with E-state index < -0.39 is 5.91 Å². The van der Waals surface area contributed by atoms with E-state index in [0.717, 1.165) is 50.0 Å². The SMILES string of the molecule is CNC(=O)[C@@H]1CCCN1c1cccc(Nc2ncc(C(N)=O)c(NCCCCCO)n2)c1. The fourth-order valence-electron chi connectivity index (χ4n) is 3.78. The van der Waals surface area contributed by atoms with E-state index in [1.54, 1.807) is 7.05 Å². The number of primary amides is 1. The molecule has 32 heavy (non-hydrogen) atoms. The van der Waals surface area contributed by atoms with E-state index in [1.165, 1.54) is 6.20 Å². The van der Waals surface area contributed by atoms with Crippen LogP contribution in [0.2, 0.25) is 0 Å². The first kappa shape index (κ1) is 23.3. The third-order valence-corrected chi connectivity index (χ3v) is 5.42. The first-order chi connectivity index (χ1) is 15.5. The Morgan fingerprint density at radius 1 is 1.28 bits per heavy atom. The Morgan fingerprint density at radius 3 is 2.88 bits per heavy atom. The van der Waals surface area contributed by atoms with E-state index in [0.29, 0.717) is 18.3 Å². The van der Waals surface area contributed by atoms with Crippen molar-refractivity contribution in [2.45, 2.75) is 38.1 Å². The van der Waals surface area contributed by atoms with Crippen LogP contribution in [0.3, 0.4) is 0 Å². The largest absolute Gasteiger partial charge is 0.396 e. The monoisotopic (exact) mass is 441 g/mol. The van der Waals surface area contributed by atoms with Crippen molar-refractivity contribution in [3.05, 3.63) is 36.0 Å². The number of carbonyl (C=O) groups excluding carboxylic acids is 2. The van der Waals surface area contributed by atoms with E-state index in [4.69, 9.17) is 10.8 Å². The lowest BCUT2D eigenvalue weighted by atomic mass is 10.2. The van der Waals surface area contributed by atoms with Gasteiger partial charge < -0.3 is 31.7 Å². The molecule has 10 heteroatoms. The molecule has 0 aliphatic carbocycles. The van der Waals surface area contributed by atoms with Gasteiger partial charge in [0.25, 0.3) is 5.91 Å². The third-order valence-electron chi connectivity index (χ3n) is 5.42. The van der Waals surface area contributed by atoms with E-state index in [2.05, 4.69) is 30.8 Å². The van der Waals surface area contributed by atoms with Crippen LogP contribution < -0.4 is 26.6 Å². The van der Waals surface area contributed by atoms with Crippen LogP contribution in [-0.2, 0) is 4.79 Å². The Morgan fingerprint density at radius 2 is 2.12 bits per heavy atom. The summed E-state index contributed by atoms with van der Waals surface area (Å²) >= 11 is 0. The first-order valence-corrected chi connectivity index (χ1v) is 10.9. The van der Waals surface area contributed by atoms with E-state index in [-0.39, 0.29) is 24.1 Å². The van der Waals surface area contributed by atoms with Gasteiger partial charge >= 0.3 is 0 Å². The molecule has 3 rings (SSSR count). The summed E-state index contributed by atoms with van der Waals surface area (Å²) in [6, 6.07) is 7.55. The third kappa shape index (κ3) is 5.85. The number of carbonyl (C=O) groups is 2. The standard InChI is InChI=1S/C22H31N7O3/c1-24-21(32)18-9-6-11-29(18)16-8-5-7-15(13-16)27-22-26-14-17(19(23)31)20(28-22)25-10-3-2-4-12-30/h5,7-8,13-14,18,30H,2-4,6,9-12H2,1H3,(H2,23,31)(H,24,32)(H2,25,26,27,28)/t18-/m0/s1. The highest BCUT2D eigenvalue weighted by Gasteiger charge is 2.30. The highest BCUT2D eigenvalue weighted by molar-refractivity contribution is 5.97. The van der Waals surface area contributed by atoms with Gasteiger partial charge in [-0.15, -0.1) is 0 Å². The maximum absolute atomic E-state index is 12.2. The second-order valence-electron chi connectivity index (χ2n) is 7.67. The predicted molar refractivity (Wildman–Crippen MR) is 124 cm³/mol. The minimum Gasteiger partial charge on any atom is -0.396 e. The topological polar surface area (TPSA) is 146 Å². The van der Waals surface area contributed by atoms with Gasteiger partial charge in [0.2, 0.25) is 11.9 Å². The lowest BCUT2D eigenvalue weighted by Gasteiger charge is -2.26. The molecule has 1 aliphatic rings. The summed E-state index contributed by atoms with van der Waals surface area (Å²) in [5.74, 6) is 0.107. The molecule has 172 valence electrons. The lowest BCUT2D eigenvalue weighted by Crippen LogP contribution is -2.41. The molecule has 0 spiro atoms. The molecule has 1 aromatic heterocycles. The van der Waals surface area contributed by atoms with E-state index in [9.17, 15) is 9.59 Å². The normalized spacial score (nSPS) is 15.4. The molecule has 10 nitrogen and oxygen atoms in total. The number of amides is 2. The fourth-order valence-corrected chi connectivity index (χ4v) is 3.78. The zero-order valence-electron chi connectivity index (χ0n) is 18.3. The van der Waals surface area contributed by atoms with Crippen molar-refractivity contribution in [2.75, 3.05) is 42.3 Å². The molecule has 1 aliphatic heterocycles. The number of nitrogens with one attached hydrogen (secondary N) is 3. The maximum Gasteiger partial charge on any atom is 0.254 e. The summed E-state index contributed by atoms with van der Waals surface area (Å²) in [7, 11) is 1.65. The number of nitrogens with zero attached hydrogens (tertiary/aromatic N) is 3. The average Bonchev–Trinajstić information content (AvgIpc) is 3.28. The number of aliphatic hydroxyl groups excluding tert-OH is 1. The fraction of sp³-hybridized carbons (Fsp3) is 0.455. The van der Waals surface area contributed by atoms with Crippen molar-refractivity contribution in [3.63, 3.8) is 0 Å². The zero-order chi connectivity index (χ0) is 22.9. The molecule has 1 fully saturated rings. The van der Waals surface area contributed by atoms with Crippen molar-refractivity contribution in [1.29, 1.82) is 0 Å². The Labute approximate surface area is 187 Å². The Bertz CT molecular complexity index is 937. The van der Waals surface area contributed by atoms with Crippen LogP contribution in [0.25, 0.3) is 0 Å². The molecule has 0 bridgehead atoms. The second kappa shape index (κ2) is 11.3. The molecule has 1 atom stereocenters. The molecule has 2 heterocycles. The van der Waals surface area contributed by atoms with Gasteiger partial charge in [-0.1, -0.05) is 6.07 Å². The van der Waals surface area contributed by atoms with Gasteiger partial charge in [0.05, 0.1) is 5.56 Å². The van der Waals surface area contributed by atoms with Gasteiger partial charge in [0, 0.05) is 44.3 Å². The molecule has 0 radical (unpaired) electrons. The summed E-state index contributed by atoms with van der Waals surface area (Å²) in [6.45, 7) is 1.58. The quantitative estimate of drug-likeness (QED) is 0.331. The first-order valence-electron chi connectivity index (χ1n) is 10.9. The van der Waals surface area contributed by atoms with Gasteiger partial charge in [-0.2, -0.15) is 4.98 Å². The minimum atomic E-state index is -0.606. The average molecular weight is 442 g/mol. The number of anilines is 4. The van der Waals surface area contributed by atoms with Crippen LogP contribution in [0.15, 0.2) is 30.5 Å². The lowest BCUT2D eigenvalue weighted by molar-refractivity contribution is -0.121. The number of hydrogen-bond acceptors (Lipinski definition) is 8. The minimum absolute atomic E-state index is 0.0148. The molecule has 1 saturated heterocycles. The zero-order valence-corrected chi connectivity index (χ0v) is 18.3. The van der Waals surface area contributed by atoms with Gasteiger partial charge in [-0.25, -0.2) is 4.98 Å². The molecule has 0 unspecified atom stereocenters. The summed E-state index contributed by atoms with van der Waals surface area (Å²) in [5.41, 5.74) is 7.39. The maximum atomic E-state index is 12.2. The predicted octanol–water partition coefficient (Wildman–Crippen LogP) is 1.61. The molecular weight excluding hydrogens is 410 g/mol. The van der Waals surface area contributed by atoms with Crippen LogP contribution in [0.5, 0.6) is 0 Å². The number of aliphatic hydroxyl groups is 1. The number of unbranched alkanes of at least 4 members (excludes halogenated alkanes) is 2. The summed E-state index contributed by atoms with van der Waals surface area (Å²) in [4.78, 5) is 34.7. The number of likely N-dealkylation sites (N-methyl/N-ethyl adjacent to an activating group) is 1. The van der Waals surface area contributed by atoms with Crippen molar-refractivity contribution in [1.82, 2.24) is 15.3 Å². The second-order valence-corrected chi connectivity index (χ2v) is 7.67. The van der Waals surface area contributed by atoms with Crippen molar-refractivity contribution < 1.29 is 14.7 Å². The van der Waals surface area contributed by atoms with Gasteiger partial charge in [0.1, 0.15) is 11.9 Å². The highest BCUT2D eigenvalue weighted by Crippen LogP contribution is 2.28. The van der Waals surface area contributed by atoms with Crippen molar-refractivity contribution in [3.8, 4) is 0 Å². The highest BCUT2D eigenvalue weighted by atomic mass is 16.3. The number of rotatable bonds is 11. The van der Waals surface area contributed by atoms with E-state index in [1.807, 2.05) is 24.3 Å². The molecule has 2 amide bonds. The molecule has 6 N–H and O–H groups in total. The van der Waals surface area contributed by atoms with Crippen LogP contribution in [0.4, 0.5) is 23.1 Å². The molecule has 1 aromatic carbocycles. The Hall–Kier alpha value is -3.40. The molecule has 0 saturated carbocycles. The van der Waals surface area contributed by atoms with Crippen molar-refractivity contribution >= 4 is 35.0 Å². The van der Waals surface area contributed by atoms with Crippen LogP contribution in [0, 0.1) is 0 Å². The summed E-state index contributed by atoms with van der Waals surface area (Å²) in [6.07, 6.45) is 5.61. The van der Waals surface area contributed by atoms with Crippen LogP contribution in [0.1, 0.15) is 42.5 Å². The van der Waals surface area contributed by atoms with Crippen molar-refractivity contribution in [2.24, 2.45) is 5.73 Å².